The van der Waals surface area contributed by atoms with Crippen LogP contribution in [-0.2, 0) is 89.7 Å². The van der Waals surface area contributed by atoms with Crippen LogP contribution in [0.3, 0.4) is 0 Å². The molecule has 0 aliphatic carbocycles. The number of amides is 13. The molecule has 2 fully saturated rings. The summed E-state index contributed by atoms with van der Waals surface area (Å²) in [5.41, 5.74) is 9.28. The topological polar surface area (TPSA) is 493 Å². The number of nitrogens with zero attached hydrogens (tertiary/aromatic N) is 11. The van der Waals surface area contributed by atoms with Crippen molar-refractivity contribution in [3.8, 4) is 0 Å². The molecule has 120 heavy (non-hydrogen) atoms. The lowest BCUT2D eigenvalue weighted by atomic mass is 10.0. The van der Waals surface area contributed by atoms with E-state index in [0.717, 1.165) is 38.0 Å². The molecule has 13 amide bonds. The molecule has 2 aliphatic heterocycles. The van der Waals surface area contributed by atoms with Gasteiger partial charge in [0.1, 0.15) is 34.2 Å². The van der Waals surface area contributed by atoms with Crippen molar-refractivity contribution in [3.63, 3.8) is 0 Å². The highest BCUT2D eigenvalue weighted by atomic mass is 32.2. The number of rotatable bonds is 47. The number of nitrogens with two attached hydrogens (primary N) is 1. The Hall–Kier alpha value is -12.4. The maximum absolute atomic E-state index is 13.7. The quantitative estimate of drug-likeness (QED) is 0.0192. The maximum atomic E-state index is 13.7. The average Bonchev–Trinajstić information content (AvgIpc) is 1.63. The number of thioether (sulfide) groups is 1. The first-order valence-electron chi connectivity index (χ1n) is 39.3. The second-order valence-electron chi connectivity index (χ2n) is 29.2. The Balaban J connectivity index is 0.541. The predicted octanol–water partition coefficient (Wildman–Crippen LogP) is 2.64. The van der Waals surface area contributed by atoms with Crippen LogP contribution in [0.5, 0.6) is 0 Å². The molecule has 8 aromatic rings. The fourth-order valence-corrected chi connectivity index (χ4v) is 14.9. The molecule has 10 rings (SSSR count). The molecule has 4 atom stereocenters. The first kappa shape index (κ1) is 90.0. The highest BCUT2D eigenvalue weighted by Gasteiger charge is 2.42. The van der Waals surface area contributed by atoms with Gasteiger partial charge in [-0.25, -0.2) is 14.8 Å². The number of fused-ring (bicyclic) bond motifs is 1. The van der Waals surface area contributed by atoms with Gasteiger partial charge < -0.3 is 135 Å². The van der Waals surface area contributed by atoms with E-state index >= 15 is 0 Å². The number of unbranched alkanes of at least 4 members (excludes halogenated alkanes) is 1. The van der Waals surface area contributed by atoms with Crippen LogP contribution < -0.4 is 74.9 Å². The van der Waals surface area contributed by atoms with Gasteiger partial charge >= 0.3 is 6.03 Å². The van der Waals surface area contributed by atoms with Crippen LogP contribution in [0.1, 0.15) is 136 Å². The molecule has 0 bridgehead atoms. The van der Waals surface area contributed by atoms with Gasteiger partial charge in [-0.1, -0.05) is 6.42 Å². The summed E-state index contributed by atoms with van der Waals surface area (Å²) < 4.78 is 34.3. The minimum Gasteiger partial charge on any atom is -0.379 e. The van der Waals surface area contributed by atoms with Gasteiger partial charge in [-0.05, 0) is 88.6 Å². The summed E-state index contributed by atoms with van der Waals surface area (Å²) in [4.78, 5) is 167. The molecule has 0 aromatic carbocycles. The third kappa shape index (κ3) is 25.8. The van der Waals surface area contributed by atoms with Crippen molar-refractivity contribution in [2.75, 3.05) is 142 Å². The van der Waals surface area contributed by atoms with Gasteiger partial charge in [0.2, 0.25) is 23.5 Å². The standard InChI is InChI=1S/C78H107N25O16S/c1-95(23-12-18-80-65(105)17-26-116-28-30-118-32-33-119-31-29-117-27-22-81-64(104)15-11-10-14-62-66-55(47-120-62)91-78(115)94-66)24-13-19-83-70(107)56-34-49(41-97(56)3)86-73(110)59-37-52(44-100(59)6)89-74(111)60-38-51(43-101(60)7)88-72(109)58-36-48(40-99(58)5)85-69(106)54(79)16-20-84-71(108)57-35-50(42-98(57)4)87-75(112)61-39-53(45-102(61)8)90-77(114)68-92-63(46-103(68)9)93-76(113)67-82-21-25-96(67)2/h21,25,34-46,54-55,62,66H,10-20,22-24,26-33,47,79H2,1-9H3,(H,80,105)(H,81,104)(H,83,107)(H,84,108)(H,85,106)(H,86,110)(H,87,112)(H,88,109)(H,89,111)(H,90,114)(H,93,113)(H2,91,94,115)/t54-,55+,62+,66+/m1/s1. The minimum absolute atomic E-state index is 0.00320. The van der Waals surface area contributed by atoms with E-state index in [1.54, 1.807) is 98.0 Å². The Morgan fingerprint density at radius 2 is 0.875 bits per heavy atom. The van der Waals surface area contributed by atoms with Crippen molar-refractivity contribution in [2.45, 2.75) is 74.7 Å². The smallest absolute Gasteiger partial charge is 0.315 e. The number of anilines is 7. The molecule has 42 heteroatoms. The van der Waals surface area contributed by atoms with E-state index in [1.807, 2.05) is 18.8 Å². The van der Waals surface area contributed by atoms with Crippen LogP contribution in [0.4, 0.5) is 44.7 Å². The van der Waals surface area contributed by atoms with Crippen LogP contribution in [0, 0.1) is 0 Å². The highest BCUT2D eigenvalue weighted by molar-refractivity contribution is 8.00. The van der Waals surface area contributed by atoms with E-state index in [1.165, 1.54) is 87.1 Å². The molecular formula is C78H107N25O16S. The number of ether oxygens (including phenoxy) is 4. The highest BCUT2D eigenvalue weighted by Crippen LogP contribution is 2.33. The van der Waals surface area contributed by atoms with Crippen LogP contribution in [0.25, 0.3) is 0 Å². The molecule has 2 aliphatic rings. The Kier molecular flexibility index (Phi) is 32.5. The summed E-state index contributed by atoms with van der Waals surface area (Å²) in [6, 6.07) is 8.16. The average molecular weight is 1680 g/mol. The van der Waals surface area contributed by atoms with Crippen LogP contribution >= 0.6 is 11.8 Å². The van der Waals surface area contributed by atoms with Gasteiger partial charge in [0.05, 0.1) is 105 Å². The number of urea groups is 1. The molecule has 0 saturated carbocycles. The third-order valence-corrected chi connectivity index (χ3v) is 21.2. The number of carbonyl (C=O) groups excluding carboxylic acids is 12. The summed E-state index contributed by atoms with van der Waals surface area (Å²) in [6.07, 6.45) is 18.7. The van der Waals surface area contributed by atoms with Gasteiger partial charge in [0, 0.05) is 162 Å². The zero-order valence-electron chi connectivity index (χ0n) is 68.7. The van der Waals surface area contributed by atoms with Crippen molar-refractivity contribution >= 4 is 123 Å². The van der Waals surface area contributed by atoms with Gasteiger partial charge in [-0.3, -0.25) is 52.7 Å². The number of nitrogens with one attached hydrogen (secondary N) is 13. The third-order valence-electron chi connectivity index (χ3n) is 19.7. The summed E-state index contributed by atoms with van der Waals surface area (Å²) in [6.45, 7) is 5.76. The molecule has 2 saturated heterocycles. The molecule has 10 heterocycles. The molecule has 646 valence electrons. The van der Waals surface area contributed by atoms with Crippen molar-refractivity contribution in [2.24, 2.45) is 62.1 Å². The van der Waals surface area contributed by atoms with E-state index in [-0.39, 0.29) is 125 Å². The number of hydrogen-bond donors (Lipinski definition) is 14. The number of imidazole rings is 2. The van der Waals surface area contributed by atoms with Gasteiger partial charge in [0.25, 0.3) is 47.3 Å². The number of hydrogen-bond acceptors (Lipinski definition) is 21. The largest absolute Gasteiger partial charge is 0.379 e. The Morgan fingerprint density at radius 1 is 0.458 bits per heavy atom. The van der Waals surface area contributed by atoms with Gasteiger partial charge in [-0.2, -0.15) is 11.8 Å². The predicted molar refractivity (Wildman–Crippen MR) is 447 cm³/mol. The first-order valence-corrected chi connectivity index (χ1v) is 40.3. The number of aryl methyl sites for hydroxylation is 8. The maximum Gasteiger partial charge on any atom is 0.315 e. The van der Waals surface area contributed by atoms with Crippen LogP contribution in [0.15, 0.2) is 92.2 Å². The fourth-order valence-electron chi connectivity index (χ4n) is 13.4. The zero-order chi connectivity index (χ0) is 86.1. The lowest BCUT2D eigenvalue weighted by Gasteiger charge is -2.17. The Labute approximate surface area is 696 Å². The van der Waals surface area contributed by atoms with Gasteiger partial charge in [0.15, 0.2) is 11.6 Å². The monoisotopic (exact) mass is 1680 g/mol. The molecule has 8 aromatic heterocycles. The van der Waals surface area contributed by atoms with Crippen molar-refractivity contribution in [1.82, 2.24) is 83.3 Å². The lowest BCUT2D eigenvalue weighted by Crippen LogP contribution is -2.39. The Bertz CT molecular complexity index is 4960. The van der Waals surface area contributed by atoms with Crippen LogP contribution in [-0.4, -0.2) is 251 Å². The normalized spacial score (nSPS) is 14.4. The number of carbonyl (C=O) groups is 12. The minimum atomic E-state index is -1.08. The van der Waals surface area contributed by atoms with E-state index < -0.39 is 53.3 Å². The molecular weight excluding hydrogens is 1580 g/mol. The van der Waals surface area contributed by atoms with Crippen molar-refractivity contribution in [1.29, 1.82) is 0 Å². The van der Waals surface area contributed by atoms with Crippen molar-refractivity contribution in [3.05, 3.63) is 138 Å². The molecule has 0 radical (unpaired) electrons. The van der Waals surface area contributed by atoms with Gasteiger partial charge in [-0.15, -0.1) is 0 Å². The molecule has 0 unspecified atom stereocenters. The van der Waals surface area contributed by atoms with Crippen LogP contribution in [0.2, 0.25) is 0 Å². The Morgan fingerprint density at radius 3 is 1.36 bits per heavy atom. The summed E-state index contributed by atoms with van der Waals surface area (Å²) >= 11 is 1.88. The SMILES string of the molecule is CN(CCCNC(=O)CCOCCOCCOCCOCCNC(=O)CCCC[C@@H]1SC[C@@H]2NC(=O)N[C@@H]21)CCCNC(=O)c1cc(NC(=O)c2cc(NC(=O)c3cc(NC(=O)c4cc(NC(=O)[C@H](N)CCNC(=O)c5cc(NC(=O)c6cc(NC(=O)c7nc(NC(=O)c8nccn8C)cn7C)cn6C)cn5C)cn4C)cn3C)cn2C)cn1C. The summed E-state index contributed by atoms with van der Waals surface area (Å²) in [5, 5.41) is 37.0. The summed E-state index contributed by atoms with van der Waals surface area (Å²) in [7, 11) is 15.0. The van der Waals surface area contributed by atoms with E-state index in [4.69, 9.17) is 24.7 Å². The van der Waals surface area contributed by atoms with E-state index in [9.17, 15) is 57.5 Å². The van der Waals surface area contributed by atoms with Crippen molar-refractivity contribution < 1.29 is 76.5 Å². The molecule has 41 nitrogen and oxygen atoms in total. The van der Waals surface area contributed by atoms with E-state index in [0.29, 0.717) is 113 Å². The summed E-state index contributed by atoms with van der Waals surface area (Å²) in [5.74, 6) is -3.57. The molecule has 15 N–H and O–H groups in total. The zero-order valence-corrected chi connectivity index (χ0v) is 69.5. The second-order valence-corrected chi connectivity index (χ2v) is 30.4. The fraction of sp³-hybridized carbons (Fsp3) is 0.462. The van der Waals surface area contributed by atoms with E-state index in [2.05, 4.69) is 84.0 Å². The number of aromatic nitrogens is 10. The first-order chi connectivity index (χ1) is 57.5. The lowest BCUT2D eigenvalue weighted by molar-refractivity contribution is -0.122. The molecule has 0 spiro atoms. The second kappa shape index (κ2) is 43.4.